The third-order valence-corrected chi connectivity index (χ3v) is 8.70. The fraction of sp³-hybridized carbons (Fsp3) is 0.391. The molecule has 2 aromatic heterocycles. The molecule has 2 aliphatic heterocycles. The fourth-order valence-electron chi connectivity index (χ4n) is 4.75. The highest BCUT2D eigenvalue weighted by molar-refractivity contribution is 7.81. The number of carbonyl (C=O) groups excluding carboxylic acids is 1. The number of halogens is 3. The van der Waals surface area contributed by atoms with Crippen molar-refractivity contribution in [3.63, 3.8) is 0 Å². The van der Waals surface area contributed by atoms with Gasteiger partial charge in [-0.05, 0) is 42.0 Å². The lowest BCUT2D eigenvalue weighted by Crippen LogP contribution is -2.48. The Labute approximate surface area is 231 Å². The summed E-state index contributed by atoms with van der Waals surface area (Å²) >= 11 is -1.79. The standard InChI is InChI=1S/C23H23F3N6O6S2/c24-23(25,26)38-17-10-14-12(2-4-28-19(14)27)8-13(17)9-16(21(34)35)31-7-3-15(20(31)33)32(40(36)37)18-11-29-22(39-18)30-5-1-6-30/h2,4,8,10-11,15-16H,1,3,5-7,9H2,(H2,27,28)(H,34,35)(H,36,37)/p-1/t15-,16+/m0/s1. The average Bonchev–Trinajstić information content (AvgIpc) is 3.43. The zero-order valence-corrected chi connectivity index (χ0v) is 22.2. The Hall–Kier alpha value is -3.70. The Balaban J connectivity index is 1.44. The first-order valence-corrected chi connectivity index (χ1v) is 13.8. The molecule has 0 bridgehead atoms. The molecule has 0 radical (unpaired) electrons. The minimum absolute atomic E-state index is 0.0284. The number of carbonyl (C=O) groups is 2. The first-order valence-electron chi connectivity index (χ1n) is 12.0. The zero-order valence-electron chi connectivity index (χ0n) is 20.5. The zero-order chi connectivity index (χ0) is 28.8. The average molecular weight is 600 g/mol. The molecule has 3 aromatic rings. The van der Waals surface area contributed by atoms with Crippen LogP contribution in [0.4, 0.5) is 29.1 Å². The Morgan fingerprint density at radius 1 is 1.32 bits per heavy atom. The number of hydrogen-bond acceptors (Lipinski definition) is 10. The highest BCUT2D eigenvalue weighted by Gasteiger charge is 2.43. The van der Waals surface area contributed by atoms with Crippen LogP contribution in [0.1, 0.15) is 18.4 Å². The number of nitrogens with zero attached hydrogens (tertiary/aromatic N) is 5. The maximum atomic E-state index is 13.4. The molecule has 2 aliphatic rings. The highest BCUT2D eigenvalue weighted by atomic mass is 32.2. The summed E-state index contributed by atoms with van der Waals surface area (Å²) in [5, 5.41) is 11.4. The molecule has 40 heavy (non-hydrogen) atoms. The molecular weight excluding hydrogens is 577 g/mol. The van der Waals surface area contributed by atoms with Crippen molar-refractivity contribution in [1.29, 1.82) is 0 Å². The number of hydrogen-bond donors (Lipinski definition) is 2. The van der Waals surface area contributed by atoms with Crippen LogP contribution in [0.5, 0.6) is 5.75 Å². The number of carboxylic acid groups (broad SMARTS) is 1. The third-order valence-electron chi connectivity index (χ3n) is 6.76. The second kappa shape index (κ2) is 10.7. The van der Waals surface area contributed by atoms with Gasteiger partial charge in [0.05, 0.1) is 6.20 Å². The van der Waals surface area contributed by atoms with Gasteiger partial charge in [-0.25, -0.2) is 14.8 Å². The number of pyridine rings is 1. The van der Waals surface area contributed by atoms with Gasteiger partial charge in [-0.1, -0.05) is 11.3 Å². The summed E-state index contributed by atoms with van der Waals surface area (Å²) < 4.78 is 69.1. The number of aromatic nitrogens is 2. The SMILES string of the molecule is Nc1nccc2cc(C[C@H](C(=O)O)N3CC[C@H](N(c4cnc(N5CCC5)s4)S(=O)[O-])C3=O)c(OC(F)(F)F)cc12. The Bertz CT molecular complexity index is 1480. The van der Waals surface area contributed by atoms with Crippen molar-refractivity contribution in [2.45, 2.75) is 37.7 Å². The number of amides is 1. The smallest absolute Gasteiger partial charge is 0.573 e. The largest absolute Gasteiger partial charge is 0.755 e. The van der Waals surface area contributed by atoms with Crippen LogP contribution in [0.2, 0.25) is 0 Å². The number of benzene rings is 1. The van der Waals surface area contributed by atoms with Gasteiger partial charge in [-0.15, -0.1) is 13.2 Å². The fourth-order valence-corrected chi connectivity index (χ4v) is 6.56. The van der Waals surface area contributed by atoms with E-state index in [9.17, 15) is 36.6 Å². The molecule has 4 heterocycles. The van der Waals surface area contributed by atoms with E-state index in [1.54, 1.807) is 0 Å². The summed E-state index contributed by atoms with van der Waals surface area (Å²) in [6.07, 6.45) is -1.99. The van der Waals surface area contributed by atoms with Crippen molar-refractivity contribution in [3.05, 3.63) is 36.2 Å². The van der Waals surface area contributed by atoms with Gasteiger partial charge in [0, 0.05) is 48.9 Å². The summed E-state index contributed by atoms with van der Waals surface area (Å²) in [5.74, 6) is -2.99. The molecule has 1 aromatic carbocycles. The molecule has 2 saturated heterocycles. The van der Waals surface area contributed by atoms with Crippen LogP contribution >= 0.6 is 11.3 Å². The van der Waals surface area contributed by atoms with Gasteiger partial charge < -0.3 is 29.9 Å². The minimum atomic E-state index is -5.09. The Morgan fingerprint density at radius 2 is 2.08 bits per heavy atom. The molecule has 1 amide bonds. The van der Waals surface area contributed by atoms with Crippen molar-refractivity contribution < 1.29 is 41.4 Å². The number of likely N-dealkylation sites (tertiary alicyclic amines) is 1. The molecular formula is C23H22F3N6O6S2-. The normalized spacial score (nSPS) is 19.0. The molecule has 12 nitrogen and oxygen atoms in total. The number of alkyl halides is 3. The van der Waals surface area contributed by atoms with Crippen LogP contribution in [0.15, 0.2) is 30.6 Å². The van der Waals surface area contributed by atoms with Crippen LogP contribution < -0.4 is 19.7 Å². The van der Waals surface area contributed by atoms with E-state index in [-0.39, 0.29) is 34.7 Å². The van der Waals surface area contributed by atoms with Gasteiger partial charge in [0.15, 0.2) is 5.13 Å². The summed E-state index contributed by atoms with van der Waals surface area (Å²) in [7, 11) is 0. The number of rotatable bonds is 9. The molecule has 2 fully saturated rings. The van der Waals surface area contributed by atoms with Crippen LogP contribution in [-0.4, -0.2) is 78.7 Å². The van der Waals surface area contributed by atoms with E-state index in [1.165, 1.54) is 24.5 Å². The van der Waals surface area contributed by atoms with Gasteiger partial charge in [-0.2, -0.15) is 0 Å². The first-order chi connectivity index (χ1) is 18.9. The van der Waals surface area contributed by atoms with Gasteiger partial charge in [0.2, 0.25) is 5.91 Å². The molecule has 3 atom stereocenters. The van der Waals surface area contributed by atoms with Crippen LogP contribution in [0.3, 0.4) is 0 Å². The maximum absolute atomic E-state index is 13.4. The maximum Gasteiger partial charge on any atom is 0.573 e. The number of fused-ring (bicyclic) bond motifs is 1. The van der Waals surface area contributed by atoms with Crippen molar-refractivity contribution in [3.8, 4) is 5.75 Å². The molecule has 17 heteroatoms. The van der Waals surface area contributed by atoms with E-state index in [0.29, 0.717) is 10.5 Å². The second-order valence-corrected chi connectivity index (χ2v) is 11.0. The predicted molar refractivity (Wildman–Crippen MR) is 138 cm³/mol. The van der Waals surface area contributed by atoms with Crippen LogP contribution in [0.25, 0.3) is 10.8 Å². The third kappa shape index (κ3) is 5.48. The number of nitrogens with two attached hydrogens (primary N) is 1. The summed E-state index contributed by atoms with van der Waals surface area (Å²) in [6, 6.07) is 0.971. The van der Waals surface area contributed by atoms with Crippen LogP contribution in [0, 0.1) is 0 Å². The van der Waals surface area contributed by atoms with Gasteiger partial charge >= 0.3 is 12.3 Å². The Kier molecular flexibility index (Phi) is 7.45. The molecule has 1 unspecified atom stereocenters. The van der Waals surface area contributed by atoms with Crippen molar-refractivity contribution in [1.82, 2.24) is 14.9 Å². The number of anilines is 3. The molecule has 0 saturated carbocycles. The lowest BCUT2D eigenvalue weighted by atomic mass is 10.00. The molecule has 214 valence electrons. The molecule has 0 spiro atoms. The van der Waals surface area contributed by atoms with Crippen LogP contribution in [-0.2, 0) is 27.3 Å². The van der Waals surface area contributed by atoms with Crippen molar-refractivity contribution in [2.24, 2.45) is 0 Å². The first kappa shape index (κ1) is 27.9. The van der Waals surface area contributed by atoms with E-state index in [4.69, 9.17) is 5.73 Å². The van der Waals surface area contributed by atoms with Gasteiger partial charge in [0.1, 0.15) is 28.7 Å². The quantitative estimate of drug-likeness (QED) is 0.349. The lowest BCUT2D eigenvalue weighted by molar-refractivity contribution is -0.274. The van der Waals surface area contributed by atoms with Gasteiger partial charge in [-0.3, -0.25) is 13.3 Å². The minimum Gasteiger partial charge on any atom is -0.755 e. The number of carboxylic acids is 1. The molecule has 3 N–H and O–H groups in total. The van der Waals surface area contributed by atoms with Crippen molar-refractivity contribution in [2.75, 3.05) is 34.6 Å². The monoisotopic (exact) mass is 599 g/mol. The molecule has 0 aliphatic carbocycles. The van der Waals surface area contributed by atoms with E-state index in [1.807, 2.05) is 4.90 Å². The molecule has 5 rings (SSSR count). The summed E-state index contributed by atoms with van der Waals surface area (Å²) in [5.41, 5.74) is 5.66. The van der Waals surface area contributed by atoms with E-state index in [2.05, 4.69) is 14.7 Å². The highest BCUT2D eigenvalue weighted by Crippen LogP contribution is 2.37. The predicted octanol–water partition coefficient (Wildman–Crippen LogP) is 2.28. The number of ether oxygens (including phenoxy) is 1. The number of aliphatic carboxylic acids is 1. The van der Waals surface area contributed by atoms with Gasteiger partial charge in [0.25, 0.3) is 0 Å². The lowest BCUT2D eigenvalue weighted by Gasteiger charge is -2.32. The number of thiazole rings is 1. The second-order valence-electron chi connectivity index (χ2n) is 9.18. The number of nitrogen functional groups attached to an aromatic ring is 1. The topological polar surface area (TPSA) is 165 Å². The summed E-state index contributed by atoms with van der Waals surface area (Å²) in [6.45, 7) is 1.43. The van der Waals surface area contributed by atoms with Crippen molar-refractivity contribution >= 4 is 61.2 Å². The summed E-state index contributed by atoms with van der Waals surface area (Å²) in [4.78, 5) is 36.7. The van der Waals surface area contributed by atoms with E-state index in [0.717, 1.165) is 46.1 Å². The Morgan fingerprint density at radius 3 is 2.70 bits per heavy atom. The van der Waals surface area contributed by atoms with E-state index >= 15 is 0 Å². The van der Waals surface area contributed by atoms with E-state index < -0.39 is 53.8 Å².